The SMILES string of the molecule is CCC(C)NC(=O)CNc1ccccc1OCCCc1ccccc1. The molecule has 4 heteroatoms. The number of aryl methyl sites for hydroxylation is 1. The molecule has 0 heterocycles. The second-order valence-corrected chi connectivity index (χ2v) is 6.16. The van der Waals surface area contributed by atoms with Crippen LogP contribution in [0.3, 0.4) is 0 Å². The van der Waals surface area contributed by atoms with Crippen LogP contribution in [0.15, 0.2) is 54.6 Å². The molecule has 0 radical (unpaired) electrons. The van der Waals surface area contributed by atoms with Crippen molar-refractivity contribution in [3.05, 3.63) is 60.2 Å². The summed E-state index contributed by atoms with van der Waals surface area (Å²) >= 11 is 0. The molecule has 2 aromatic carbocycles. The monoisotopic (exact) mass is 340 g/mol. The number of carbonyl (C=O) groups excluding carboxylic acids is 1. The molecule has 2 aromatic rings. The van der Waals surface area contributed by atoms with Gasteiger partial charge in [-0.15, -0.1) is 0 Å². The lowest BCUT2D eigenvalue weighted by Crippen LogP contribution is -2.36. The number of anilines is 1. The number of rotatable bonds is 10. The highest BCUT2D eigenvalue weighted by molar-refractivity contribution is 5.81. The van der Waals surface area contributed by atoms with Gasteiger partial charge in [0.25, 0.3) is 0 Å². The van der Waals surface area contributed by atoms with Crippen LogP contribution in [0, 0.1) is 0 Å². The molecule has 134 valence electrons. The highest BCUT2D eigenvalue weighted by Gasteiger charge is 2.07. The molecule has 0 saturated carbocycles. The minimum Gasteiger partial charge on any atom is -0.491 e. The van der Waals surface area contributed by atoms with Crippen LogP contribution in [-0.4, -0.2) is 25.1 Å². The Morgan fingerprint density at radius 2 is 1.80 bits per heavy atom. The van der Waals surface area contributed by atoms with E-state index in [0.717, 1.165) is 30.7 Å². The highest BCUT2D eigenvalue weighted by Crippen LogP contribution is 2.23. The van der Waals surface area contributed by atoms with Gasteiger partial charge in [0, 0.05) is 6.04 Å². The van der Waals surface area contributed by atoms with Crippen LogP contribution in [-0.2, 0) is 11.2 Å². The molecular weight excluding hydrogens is 312 g/mol. The molecule has 25 heavy (non-hydrogen) atoms. The third-order valence-electron chi connectivity index (χ3n) is 4.06. The summed E-state index contributed by atoms with van der Waals surface area (Å²) in [6, 6.07) is 18.3. The normalized spacial score (nSPS) is 11.6. The lowest BCUT2D eigenvalue weighted by Gasteiger charge is -2.15. The Labute approximate surface area is 150 Å². The molecule has 0 aliphatic heterocycles. The smallest absolute Gasteiger partial charge is 0.239 e. The lowest BCUT2D eigenvalue weighted by molar-refractivity contribution is -0.120. The molecule has 0 aliphatic rings. The topological polar surface area (TPSA) is 50.4 Å². The first-order chi connectivity index (χ1) is 12.2. The molecule has 0 aromatic heterocycles. The van der Waals surface area contributed by atoms with Gasteiger partial charge in [-0.3, -0.25) is 4.79 Å². The molecule has 2 N–H and O–H groups in total. The number of hydrogen-bond donors (Lipinski definition) is 2. The zero-order chi connectivity index (χ0) is 17.9. The zero-order valence-corrected chi connectivity index (χ0v) is 15.1. The molecule has 0 fully saturated rings. The number of ether oxygens (including phenoxy) is 1. The van der Waals surface area contributed by atoms with Crippen LogP contribution < -0.4 is 15.4 Å². The van der Waals surface area contributed by atoms with Crippen molar-refractivity contribution in [3.63, 3.8) is 0 Å². The van der Waals surface area contributed by atoms with Gasteiger partial charge < -0.3 is 15.4 Å². The van der Waals surface area contributed by atoms with Gasteiger partial charge in [0.05, 0.1) is 18.8 Å². The molecule has 0 spiro atoms. The van der Waals surface area contributed by atoms with Gasteiger partial charge in [0.15, 0.2) is 0 Å². The first-order valence-corrected chi connectivity index (χ1v) is 8.98. The van der Waals surface area contributed by atoms with E-state index in [1.807, 2.05) is 37.3 Å². The van der Waals surface area contributed by atoms with E-state index >= 15 is 0 Å². The van der Waals surface area contributed by atoms with Crippen LogP contribution >= 0.6 is 0 Å². The van der Waals surface area contributed by atoms with Crippen LogP contribution in [0.4, 0.5) is 5.69 Å². The number of carbonyl (C=O) groups is 1. The number of hydrogen-bond acceptors (Lipinski definition) is 3. The number of nitrogens with one attached hydrogen (secondary N) is 2. The average Bonchev–Trinajstić information content (AvgIpc) is 2.65. The molecule has 2 rings (SSSR count). The molecule has 0 bridgehead atoms. The van der Waals surface area contributed by atoms with E-state index in [1.165, 1.54) is 5.56 Å². The second kappa shape index (κ2) is 10.4. The van der Waals surface area contributed by atoms with Gasteiger partial charge in [-0.05, 0) is 43.9 Å². The van der Waals surface area contributed by atoms with Crippen molar-refractivity contribution in [1.82, 2.24) is 5.32 Å². The first kappa shape index (κ1) is 18.8. The van der Waals surface area contributed by atoms with Crippen molar-refractivity contribution >= 4 is 11.6 Å². The predicted molar refractivity (Wildman–Crippen MR) is 103 cm³/mol. The number of para-hydroxylation sites is 2. The van der Waals surface area contributed by atoms with Gasteiger partial charge in [-0.2, -0.15) is 0 Å². The fourth-order valence-corrected chi connectivity index (χ4v) is 2.45. The van der Waals surface area contributed by atoms with Crippen molar-refractivity contribution < 1.29 is 9.53 Å². The van der Waals surface area contributed by atoms with Crippen LogP contribution in [0.25, 0.3) is 0 Å². The van der Waals surface area contributed by atoms with E-state index < -0.39 is 0 Å². The van der Waals surface area contributed by atoms with Crippen molar-refractivity contribution in [3.8, 4) is 5.75 Å². The Morgan fingerprint density at radius 3 is 2.56 bits per heavy atom. The summed E-state index contributed by atoms with van der Waals surface area (Å²) in [5.74, 6) is 0.778. The second-order valence-electron chi connectivity index (χ2n) is 6.16. The van der Waals surface area contributed by atoms with Gasteiger partial charge >= 0.3 is 0 Å². The van der Waals surface area contributed by atoms with Gasteiger partial charge in [0.1, 0.15) is 5.75 Å². The minimum absolute atomic E-state index is 0.00627. The Hall–Kier alpha value is -2.49. The summed E-state index contributed by atoms with van der Waals surface area (Å²) in [6.45, 7) is 4.94. The van der Waals surface area contributed by atoms with Crippen molar-refractivity contribution in [2.75, 3.05) is 18.5 Å². The summed E-state index contributed by atoms with van der Waals surface area (Å²) in [4.78, 5) is 11.9. The largest absolute Gasteiger partial charge is 0.491 e. The third-order valence-corrected chi connectivity index (χ3v) is 4.06. The summed E-state index contributed by atoms with van der Waals surface area (Å²) in [7, 11) is 0. The third kappa shape index (κ3) is 6.87. The van der Waals surface area contributed by atoms with Crippen LogP contribution in [0.1, 0.15) is 32.3 Å². The van der Waals surface area contributed by atoms with Crippen LogP contribution in [0.2, 0.25) is 0 Å². The molecule has 4 nitrogen and oxygen atoms in total. The molecule has 1 amide bonds. The molecule has 0 saturated heterocycles. The predicted octanol–water partition coefficient (Wildman–Crippen LogP) is 4.02. The maximum Gasteiger partial charge on any atom is 0.239 e. The van der Waals surface area contributed by atoms with Gasteiger partial charge in [-0.1, -0.05) is 49.4 Å². The van der Waals surface area contributed by atoms with E-state index in [4.69, 9.17) is 4.74 Å². The summed E-state index contributed by atoms with van der Waals surface area (Å²) in [5, 5.41) is 6.11. The molecule has 1 unspecified atom stereocenters. The van der Waals surface area contributed by atoms with E-state index in [9.17, 15) is 4.79 Å². The quantitative estimate of drug-likeness (QED) is 0.642. The van der Waals surface area contributed by atoms with Crippen molar-refractivity contribution in [2.45, 2.75) is 39.2 Å². The fraction of sp³-hybridized carbons (Fsp3) is 0.381. The first-order valence-electron chi connectivity index (χ1n) is 8.98. The summed E-state index contributed by atoms with van der Waals surface area (Å²) in [6.07, 6.45) is 2.87. The van der Waals surface area contributed by atoms with E-state index in [-0.39, 0.29) is 18.5 Å². The van der Waals surface area contributed by atoms with E-state index in [0.29, 0.717) is 6.61 Å². The fourth-order valence-electron chi connectivity index (χ4n) is 2.45. The summed E-state index contributed by atoms with van der Waals surface area (Å²) < 4.78 is 5.90. The van der Waals surface area contributed by atoms with Crippen molar-refractivity contribution in [1.29, 1.82) is 0 Å². The molecule has 0 aliphatic carbocycles. The Kier molecular flexibility index (Phi) is 7.83. The van der Waals surface area contributed by atoms with E-state index in [1.54, 1.807) is 0 Å². The highest BCUT2D eigenvalue weighted by atomic mass is 16.5. The summed E-state index contributed by atoms with van der Waals surface area (Å²) in [5.41, 5.74) is 2.17. The Morgan fingerprint density at radius 1 is 1.08 bits per heavy atom. The number of amides is 1. The average molecular weight is 340 g/mol. The molecular formula is C21H28N2O2. The van der Waals surface area contributed by atoms with Crippen LogP contribution in [0.5, 0.6) is 5.75 Å². The minimum atomic E-state index is -0.00627. The lowest BCUT2D eigenvalue weighted by atomic mass is 10.1. The van der Waals surface area contributed by atoms with Gasteiger partial charge in [-0.25, -0.2) is 0 Å². The Balaban J connectivity index is 1.78. The number of benzene rings is 2. The maximum absolute atomic E-state index is 11.9. The maximum atomic E-state index is 11.9. The zero-order valence-electron chi connectivity index (χ0n) is 15.1. The van der Waals surface area contributed by atoms with E-state index in [2.05, 4.69) is 41.8 Å². The molecule has 1 atom stereocenters. The standard InChI is InChI=1S/C21H28N2O2/c1-3-17(2)23-21(24)16-22-19-13-7-8-14-20(19)25-15-9-12-18-10-5-4-6-11-18/h4-8,10-11,13-14,17,22H,3,9,12,15-16H2,1-2H3,(H,23,24). The van der Waals surface area contributed by atoms with Crippen molar-refractivity contribution in [2.24, 2.45) is 0 Å². The van der Waals surface area contributed by atoms with Gasteiger partial charge in [0.2, 0.25) is 5.91 Å². The Bertz CT molecular complexity index is 643.